The van der Waals surface area contributed by atoms with Gasteiger partial charge in [-0.3, -0.25) is 0 Å². The van der Waals surface area contributed by atoms with Gasteiger partial charge in [0, 0.05) is 0 Å². The average Bonchev–Trinajstić information content (AvgIpc) is 0.662. The first kappa shape index (κ1) is 61.8. The predicted molar refractivity (Wildman–Crippen MR) is 384 cm³/mol. The van der Waals surface area contributed by atoms with Gasteiger partial charge in [0.2, 0.25) is 0 Å². The molecule has 6 aromatic carbocycles. The van der Waals surface area contributed by atoms with E-state index in [0.717, 1.165) is 0 Å². The van der Waals surface area contributed by atoms with Gasteiger partial charge in [-0.1, -0.05) is 0 Å². The van der Waals surface area contributed by atoms with E-state index in [-0.39, 0.29) is 83.5 Å². The minimum atomic E-state index is -1.35. The van der Waals surface area contributed by atoms with Crippen LogP contribution < -0.4 is 0 Å². The number of benzene rings is 6. The fraction of sp³-hybridized carbons (Fsp3) is 0.591. The molecule has 0 saturated heterocycles. The average molecular weight is 1410 g/mol. The zero-order valence-corrected chi connectivity index (χ0v) is 65.6. The Hall–Kier alpha value is -3.04. The van der Waals surface area contributed by atoms with Crippen molar-refractivity contribution >= 4 is 33.7 Å². The van der Waals surface area contributed by atoms with Crippen LogP contribution in [-0.4, -0.2) is 33.7 Å². The first-order valence-corrected chi connectivity index (χ1v) is 47.4. The zero-order chi connectivity index (χ0) is 64.4. The van der Waals surface area contributed by atoms with Crippen molar-refractivity contribution in [3.63, 3.8) is 0 Å². The monoisotopic (exact) mass is 1410 g/mol. The molecule has 90 heavy (non-hydrogen) atoms. The summed E-state index contributed by atoms with van der Waals surface area (Å²) >= 11 is -2.69. The summed E-state index contributed by atoms with van der Waals surface area (Å²) < 4.78 is -0.418. The standard InChI is InChI=1S/2C44H55.2Sb/c2*1-39(2)13-14-40(3,4)32-20-26-25(19-31(32)39)37-27-21-33-35(43(9,10)17-15-41(33,5)6)23-29(27)38(26)30-24-36-34(22-28(30)37)42(7,8)16-18-44(36,11)12;;/h2*19-24,37H,13-18H2,1-12H3;;. The molecule has 472 valence electrons. The molecule has 0 nitrogen and oxygen atoms in total. The van der Waals surface area contributed by atoms with E-state index >= 15 is 0 Å². The van der Waals surface area contributed by atoms with Crippen LogP contribution in [0.25, 0.3) is 0 Å². The Balaban J connectivity index is 1.13. The summed E-state index contributed by atoms with van der Waals surface area (Å²) in [5.41, 5.74) is 41.6. The topological polar surface area (TPSA) is 0 Å². The Kier molecular flexibility index (Phi) is 12.5. The van der Waals surface area contributed by atoms with Gasteiger partial charge in [-0.15, -0.1) is 0 Å². The van der Waals surface area contributed by atoms with E-state index in [1.807, 2.05) is 0 Å². The molecule has 0 saturated carbocycles. The molecule has 0 atom stereocenters. The van der Waals surface area contributed by atoms with Crippen molar-refractivity contribution in [3.8, 4) is 0 Å². The van der Waals surface area contributed by atoms with Crippen molar-refractivity contribution in [2.75, 3.05) is 0 Å². The van der Waals surface area contributed by atoms with E-state index in [0.29, 0.717) is 0 Å². The Morgan fingerprint density at radius 1 is 0.178 bits per heavy atom. The second-order valence-electron chi connectivity index (χ2n) is 40.0. The third-order valence-electron chi connectivity index (χ3n) is 28.7. The Labute approximate surface area is 561 Å². The van der Waals surface area contributed by atoms with Crippen LogP contribution in [0.15, 0.2) is 72.8 Å². The van der Waals surface area contributed by atoms with E-state index in [2.05, 4.69) is 239 Å². The molecule has 4 bridgehead atoms. The normalized spacial score (nSPS) is 29.7. The molecule has 0 N–H and O–H groups in total. The van der Waals surface area contributed by atoms with Crippen molar-refractivity contribution in [3.05, 3.63) is 206 Å². The Morgan fingerprint density at radius 3 is 0.411 bits per heavy atom. The van der Waals surface area contributed by atoms with Crippen molar-refractivity contribution < 1.29 is 0 Å². The number of rotatable bonds is 2. The summed E-state index contributed by atoms with van der Waals surface area (Å²) in [6, 6.07) is 35.5. The van der Waals surface area contributed by atoms with Crippen LogP contribution in [0.4, 0.5) is 0 Å². The molecule has 6 aromatic rings. The van der Waals surface area contributed by atoms with Crippen LogP contribution in [0.3, 0.4) is 0 Å². The summed E-state index contributed by atoms with van der Waals surface area (Å²) in [5.74, 6) is 0.428. The van der Waals surface area contributed by atoms with Gasteiger partial charge < -0.3 is 0 Å². The summed E-state index contributed by atoms with van der Waals surface area (Å²) in [5, 5.41) is 0. The van der Waals surface area contributed by atoms with E-state index in [9.17, 15) is 0 Å². The van der Waals surface area contributed by atoms with Gasteiger partial charge in [0.25, 0.3) is 0 Å². The van der Waals surface area contributed by atoms with E-state index in [1.54, 1.807) is 134 Å². The molecule has 0 radical (unpaired) electrons. The van der Waals surface area contributed by atoms with E-state index in [1.165, 1.54) is 77.0 Å². The minimum absolute atomic E-state index is 0.0879. The van der Waals surface area contributed by atoms with Crippen LogP contribution in [0.2, 0.25) is 0 Å². The van der Waals surface area contributed by atoms with Crippen LogP contribution in [-0.2, 0) is 71.7 Å². The zero-order valence-electron chi connectivity index (χ0n) is 60.5. The Bertz CT molecular complexity index is 3570. The third-order valence-corrected chi connectivity index (χ3v) is 48.2. The summed E-state index contributed by atoms with van der Waals surface area (Å²) in [7, 11) is 0. The third kappa shape index (κ3) is 7.98. The molecule has 0 fully saturated rings. The van der Waals surface area contributed by atoms with Crippen molar-refractivity contribution in [2.24, 2.45) is 0 Å². The van der Waals surface area contributed by atoms with Crippen molar-refractivity contribution in [2.45, 2.75) is 327 Å². The second-order valence-corrected chi connectivity index (χ2v) is 52.6. The fourth-order valence-electron chi connectivity index (χ4n) is 21.4. The fourth-order valence-corrected chi connectivity index (χ4v) is 45.6. The van der Waals surface area contributed by atoms with Gasteiger partial charge in [-0.25, -0.2) is 0 Å². The molecule has 0 spiro atoms. The van der Waals surface area contributed by atoms with E-state index < -0.39 is 33.7 Å². The van der Waals surface area contributed by atoms with Crippen LogP contribution in [0.5, 0.6) is 0 Å². The summed E-state index contributed by atoms with van der Waals surface area (Å²) in [6.07, 6.45) is 14.8. The van der Waals surface area contributed by atoms with Gasteiger partial charge in [0.15, 0.2) is 0 Å². The molecule has 0 aromatic heterocycles. The molecule has 18 rings (SSSR count). The summed E-state index contributed by atoms with van der Waals surface area (Å²) in [6.45, 7) is 62.7. The van der Waals surface area contributed by atoms with Crippen molar-refractivity contribution in [1.29, 1.82) is 0 Å². The summed E-state index contributed by atoms with van der Waals surface area (Å²) in [4.78, 5) is 0. The second kappa shape index (κ2) is 18.1. The maximum absolute atomic E-state index is 2.99. The number of fused-ring (bicyclic) bond motifs is 6. The molecule has 0 heterocycles. The van der Waals surface area contributed by atoms with Gasteiger partial charge >= 0.3 is 567 Å². The van der Waals surface area contributed by atoms with Gasteiger partial charge in [-0.2, -0.15) is 0 Å². The molecule has 0 unspecified atom stereocenters. The maximum atomic E-state index is 2.99. The van der Waals surface area contributed by atoms with Gasteiger partial charge in [0.1, 0.15) is 0 Å². The van der Waals surface area contributed by atoms with Crippen molar-refractivity contribution in [1.82, 2.24) is 0 Å². The molecule has 0 amide bonds. The first-order valence-electron chi connectivity index (χ1n) is 36.1. The predicted octanol–water partition coefficient (Wildman–Crippen LogP) is 22.0. The van der Waals surface area contributed by atoms with Crippen LogP contribution in [0.1, 0.15) is 389 Å². The molecular formula is C88H110Sb2. The number of hydrogen-bond acceptors (Lipinski definition) is 0. The molecule has 12 aliphatic rings. The molecular weight excluding hydrogens is 1300 g/mol. The van der Waals surface area contributed by atoms with Gasteiger partial charge in [0.05, 0.1) is 0 Å². The Morgan fingerprint density at radius 2 is 0.289 bits per heavy atom. The van der Waals surface area contributed by atoms with Crippen LogP contribution in [0, 0.1) is 0 Å². The molecule has 2 heteroatoms. The molecule has 0 aliphatic heterocycles. The first-order chi connectivity index (χ1) is 41.4. The SMILES string of the molecule is CC1(C)CCC(C)(C)c2cc3c(cc21)C1c2cc4c(cc2[C]3([Sb]=[Sb][C]23c5cc6c(cc5C(c5cc7c(cc52)C(C)(C)CCC7(C)C)c2cc5c(cc23)C(C)(C)CCC5(C)C)C(C)(C)CCC6(C)C)c2cc3c(cc21)C(C)(C)CCC3(C)C)C(C)(C)CCC4(C)C. The van der Waals surface area contributed by atoms with Gasteiger partial charge in [-0.05, 0) is 0 Å². The van der Waals surface area contributed by atoms with E-state index in [4.69, 9.17) is 0 Å². The quantitative estimate of drug-likeness (QED) is 0.152. The molecule has 12 aliphatic carbocycles. The number of hydrogen-bond donors (Lipinski definition) is 0. The van der Waals surface area contributed by atoms with Crippen LogP contribution >= 0.6 is 0 Å².